The molecule has 0 aromatic heterocycles. The van der Waals surface area contributed by atoms with Crippen molar-refractivity contribution >= 4 is 33.2 Å². The van der Waals surface area contributed by atoms with Crippen LogP contribution in [-0.4, -0.2) is 38.8 Å². The third-order valence-electron chi connectivity index (χ3n) is 5.15. The van der Waals surface area contributed by atoms with Crippen LogP contribution in [0.3, 0.4) is 0 Å². The third-order valence-corrected chi connectivity index (χ3v) is 7.28. The van der Waals surface area contributed by atoms with E-state index < -0.39 is 33.4 Å². The number of rotatable bonds is 5. The first kappa shape index (κ1) is 24.3. The summed E-state index contributed by atoms with van der Waals surface area (Å²) in [4.78, 5) is 12.7. The van der Waals surface area contributed by atoms with Gasteiger partial charge in [0.2, 0.25) is 10.0 Å². The number of hydrogen-bond donors (Lipinski definition) is 1. The van der Waals surface area contributed by atoms with Crippen LogP contribution < -0.4 is 10.1 Å². The molecule has 11 heteroatoms. The second-order valence-electron chi connectivity index (χ2n) is 7.32. The summed E-state index contributed by atoms with van der Waals surface area (Å²) in [5, 5.41) is 2.06. The Morgan fingerprint density at radius 3 is 2.31 bits per heavy atom. The number of amides is 1. The molecular formula is C21H22ClF3N2O4S. The SMILES string of the molecule is COc1ccc(S(=O)(=O)N2CCCCCC2)cc1C(=O)Nc1ccc(Cl)cc1C(F)(F)F. The Labute approximate surface area is 189 Å². The molecule has 3 rings (SSSR count). The number of ether oxygens (including phenoxy) is 1. The van der Waals surface area contributed by atoms with E-state index >= 15 is 0 Å². The lowest BCUT2D eigenvalue weighted by Gasteiger charge is -2.21. The lowest BCUT2D eigenvalue weighted by atomic mass is 10.1. The minimum absolute atomic E-state index is 0.0276. The molecule has 0 spiro atoms. The Morgan fingerprint density at radius 2 is 1.72 bits per heavy atom. The van der Waals surface area contributed by atoms with Crippen molar-refractivity contribution in [2.24, 2.45) is 0 Å². The van der Waals surface area contributed by atoms with E-state index in [-0.39, 0.29) is 21.2 Å². The molecule has 32 heavy (non-hydrogen) atoms. The van der Waals surface area contributed by atoms with Crippen LogP contribution in [0.1, 0.15) is 41.6 Å². The number of halogens is 4. The largest absolute Gasteiger partial charge is 0.496 e. The van der Waals surface area contributed by atoms with Gasteiger partial charge in [-0.05, 0) is 49.2 Å². The minimum Gasteiger partial charge on any atom is -0.496 e. The summed E-state index contributed by atoms with van der Waals surface area (Å²) in [6.45, 7) is 0.741. The zero-order chi connectivity index (χ0) is 23.5. The number of carbonyl (C=O) groups excluding carboxylic acids is 1. The van der Waals surface area contributed by atoms with Gasteiger partial charge in [-0.2, -0.15) is 17.5 Å². The molecule has 0 saturated carbocycles. The number of methoxy groups -OCH3 is 1. The van der Waals surface area contributed by atoms with Gasteiger partial charge < -0.3 is 10.1 Å². The molecule has 1 heterocycles. The number of hydrogen-bond acceptors (Lipinski definition) is 4. The fourth-order valence-corrected chi connectivity index (χ4v) is 5.22. The van der Waals surface area contributed by atoms with Crippen molar-refractivity contribution in [3.63, 3.8) is 0 Å². The molecule has 1 saturated heterocycles. The zero-order valence-corrected chi connectivity index (χ0v) is 18.8. The average Bonchev–Trinajstić information content (AvgIpc) is 3.04. The van der Waals surface area contributed by atoms with Crippen molar-refractivity contribution in [2.75, 3.05) is 25.5 Å². The van der Waals surface area contributed by atoms with Crippen molar-refractivity contribution in [3.05, 3.63) is 52.5 Å². The van der Waals surface area contributed by atoms with Crippen LogP contribution >= 0.6 is 11.6 Å². The first-order valence-corrected chi connectivity index (χ1v) is 11.7. The summed E-state index contributed by atoms with van der Waals surface area (Å²) < 4.78 is 72.8. The van der Waals surface area contributed by atoms with Crippen molar-refractivity contribution in [3.8, 4) is 5.75 Å². The maximum Gasteiger partial charge on any atom is 0.418 e. The number of anilines is 1. The standard InChI is InChI=1S/C21H22ClF3N2O4S/c1-31-19-9-7-15(32(29,30)27-10-4-2-3-5-11-27)13-16(19)20(28)26-18-8-6-14(22)12-17(18)21(23,24)25/h6-9,12-13H,2-5,10-11H2,1H3,(H,26,28). The Kier molecular flexibility index (Phi) is 7.36. The molecule has 2 aromatic rings. The smallest absolute Gasteiger partial charge is 0.418 e. The number of alkyl halides is 3. The van der Waals surface area contributed by atoms with Gasteiger partial charge in [-0.3, -0.25) is 4.79 Å². The number of nitrogens with zero attached hydrogens (tertiary/aromatic N) is 1. The van der Waals surface area contributed by atoms with Gasteiger partial charge in [-0.15, -0.1) is 0 Å². The van der Waals surface area contributed by atoms with Crippen molar-refractivity contribution in [2.45, 2.75) is 36.8 Å². The van der Waals surface area contributed by atoms with Crippen LogP contribution in [0, 0.1) is 0 Å². The first-order valence-electron chi connectivity index (χ1n) is 9.90. The monoisotopic (exact) mass is 490 g/mol. The molecule has 1 amide bonds. The van der Waals surface area contributed by atoms with E-state index in [1.807, 2.05) is 0 Å². The summed E-state index contributed by atoms with van der Waals surface area (Å²) in [6, 6.07) is 6.70. The highest BCUT2D eigenvalue weighted by molar-refractivity contribution is 7.89. The number of benzene rings is 2. The highest BCUT2D eigenvalue weighted by Crippen LogP contribution is 2.37. The van der Waals surface area contributed by atoms with E-state index in [0.29, 0.717) is 19.2 Å². The maximum atomic E-state index is 13.4. The average molecular weight is 491 g/mol. The predicted molar refractivity (Wildman–Crippen MR) is 115 cm³/mol. The third kappa shape index (κ3) is 5.36. The summed E-state index contributed by atoms with van der Waals surface area (Å²) in [6.07, 6.45) is -1.41. The molecule has 2 aromatic carbocycles. The molecule has 0 unspecified atom stereocenters. The van der Waals surface area contributed by atoms with Crippen LogP contribution in [0.2, 0.25) is 5.02 Å². The quantitative estimate of drug-likeness (QED) is 0.626. The second-order valence-corrected chi connectivity index (χ2v) is 9.70. The molecule has 0 radical (unpaired) electrons. The second kappa shape index (κ2) is 9.68. The summed E-state index contributed by atoms with van der Waals surface area (Å²) in [7, 11) is -2.60. The van der Waals surface area contributed by atoms with Gasteiger partial charge in [0.15, 0.2) is 0 Å². The molecule has 1 aliphatic rings. The Bertz CT molecular complexity index is 1100. The molecule has 1 aliphatic heterocycles. The highest BCUT2D eigenvalue weighted by Gasteiger charge is 2.35. The number of sulfonamides is 1. The van der Waals surface area contributed by atoms with Crippen molar-refractivity contribution < 1.29 is 31.1 Å². The molecule has 0 atom stereocenters. The van der Waals surface area contributed by atoms with Crippen LogP contribution in [0.4, 0.5) is 18.9 Å². The molecule has 1 N–H and O–H groups in total. The van der Waals surface area contributed by atoms with Gasteiger partial charge in [0.25, 0.3) is 5.91 Å². The van der Waals surface area contributed by atoms with Crippen molar-refractivity contribution in [1.82, 2.24) is 4.31 Å². The molecule has 6 nitrogen and oxygen atoms in total. The molecule has 0 aliphatic carbocycles. The predicted octanol–water partition coefficient (Wildman–Crippen LogP) is 5.18. The highest BCUT2D eigenvalue weighted by atomic mass is 35.5. The normalized spacial score (nSPS) is 15.8. The number of nitrogens with one attached hydrogen (secondary N) is 1. The summed E-state index contributed by atoms with van der Waals surface area (Å²) >= 11 is 5.68. The molecule has 1 fully saturated rings. The Hall–Kier alpha value is -2.30. The summed E-state index contributed by atoms with van der Waals surface area (Å²) in [5.41, 5.74) is -1.83. The minimum atomic E-state index is -4.75. The zero-order valence-electron chi connectivity index (χ0n) is 17.2. The Balaban J connectivity index is 1.97. The first-order chi connectivity index (χ1) is 15.0. The molecule has 174 valence electrons. The summed E-state index contributed by atoms with van der Waals surface area (Å²) in [5.74, 6) is -0.914. The van der Waals surface area contributed by atoms with E-state index in [0.717, 1.165) is 37.8 Å². The fraction of sp³-hybridized carbons (Fsp3) is 0.381. The fourth-order valence-electron chi connectivity index (χ4n) is 3.51. The van der Waals surface area contributed by atoms with E-state index in [4.69, 9.17) is 16.3 Å². The topological polar surface area (TPSA) is 75.7 Å². The molecular weight excluding hydrogens is 469 g/mol. The van der Waals surface area contributed by atoms with E-state index in [1.54, 1.807) is 0 Å². The van der Waals surface area contributed by atoms with Crippen LogP contribution in [0.5, 0.6) is 5.75 Å². The Morgan fingerprint density at radius 1 is 1.06 bits per heavy atom. The lowest BCUT2D eigenvalue weighted by Crippen LogP contribution is -2.32. The van der Waals surface area contributed by atoms with Crippen LogP contribution in [-0.2, 0) is 16.2 Å². The van der Waals surface area contributed by atoms with Gasteiger partial charge in [0.1, 0.15) is 5.75 Å². The molecule has 0 bridgehead atoms. The van der Waals surface area contributed by atoms with Gasteiger partial charge in [0.05, 0.1) is 28.8 Å². The van der Waals surface area contributed by atoms with Gasteiger partial charge in [-0.1, -0.05) is 24.4 Å². The number of carbonyl (C=O) groups is 1. The van der Waals surface area contributed by atoms with E-state index in [2.05, 4.69) is 5.32 Å². The lowest BCUT2D eigenvalue weighted by molar-refractivity contribution is -0.136. The maximum absolute atomic E-state index is 13.4. The van der Waals surface area contributed by atoms with Gasteiger partial charge >= 0.3 is 6.18 Å². The van der Waals surface area contributed by atoms with Crippen molar-refractivity contribution in [1.29, 1.82) is 0 Å². The van der Waals surface area contributed by atoms with E-state index in [9.17, 15) is 26.4 Å². The van der Waals surface area contributed by atoms with Crippen LogP contribution in [0.15, 0.2) is 41.3 Å². The van der Waals surface area contributed by atoms with Gasteiger partial charge in [-0.25, -0.2) is 8.42 Å². The van der Waals surface area contributed by atoms with Crippen LogP contribution in [0.25, 0.3) is 0 Å². The van der Waals surface area contributed by atoms with Gasteiger partial charge in [0, 0.05) is 18.1 Å². The van der Waals surface area contributed by atoms with E-state index in [1.165, 1.54) is 29.6 Å².